The molecule has 1 fully saturated rings. The molecule has 1 saturated heterocycles. The highest BCUT2D eigenvalue weighted by Crippen LogP contribution is 2.39. The number of alkyl halides is 1. The second kappa shape index (κ2) is 8.90. The third-order valence-corrected chi connectivity index (χ3v) is 6.08. The van der Waals surface area contributed by atoms with Crippen molar-refractivity contribution in [1.82, 2.24) is 15.3 Å². The third-order valence-electron chi connectivity index (χ3n) is 6.08. The van der Waals surface area contributed by atoms with Gasteiger partial charge in [-0.15, -0.1) is 0 Å². The average molecular weight is 470 g/mol. The molecule has 0 spiro atoms. The molecule has 5 rings (SSSR count). The van der Waals surface area contributed by atoms with Crippen molar-refractivity contribution in [2.75, 3.05) is 42.7 Å². The predicted molar refractivity (Wildman–Crippen MR) is 124 cm³/mol. The van der Waals surface area contributed by atoms with Gasteiger partial charge in [0.2, 0.25) is 5.88 Å². The summed E-state index contributed by atoms with van der Waals surface area (Å²) in [5.74, 6) is 0.117. The number of amides is 2. The fourth-order valence-electron chi connectivity index (χ4n) is 4.24. The summed E-state index contributed by atoms with van der Waals surface area (Å²) in [7, 11) is 0. The number of rotatable bonds is 3. The Bertz CT molecular complexity index is 1270. The van der Waals surface area contributed by atoms with Gasteiger partial charge in [0.15, 0.2) is 5.82 Å². The van der Waals surface area contributed by atoms with E-state index in [0.29, 0.717) is 48.4 Å². The van der Waals surface area contributed by atoms with Crippen molar-refractivity contribution < 1.29 is 23.0 Å². The number of urea groups is 1. The third kappa shape index (κ3) is 4.03. The minimum absolute atomic E-state index is 0.0502. The Morgan fingerprint density at radius 1 is 1.24 bits per heavy atom. The smallest absolute Gasteiger partial charge is 0.320 e. The van der Waals surface area contributed by atoms with E-state index in [-0.39, 0.29) is 23.7 Å². The van der Waals surface area contributed by atoms with Crippen molar-refractivity contribution in [1.29, 1.82) is 0 Å². The monoisotopic (exact) mass is 470 g/mol. The highest BCUT2D eigenvalue weighted by molar-refractivity contribution is 6.00. The predicted octanol–water partition coefficient (Wildman–Crippen LogP) is 3.38. The van der Waals surface area contributed by atoms with Crippen LogP contribution in [-0.4, -0.2) is 54.6 Å². The van der Waals surface area contributed by atoms with Gasteiger partial charge in [-0.05, 0) is 36.4 Å². The molecule has 0 saturated carbocycles. The van der Waals surface area contributed by atoms with Crippen LogP contribution in [0.4, 0.5) is 30.8 Å². The Hall–Kier alpha value is -3.73. The van der Waals surface area contributed by atoms with Gasteiger partial charge in [-0.2, -0.15) is 0 Å². The largest absolute Gasteiger partial charge is 0.474 e. The molecule has 0 bridgehead atoms. The molecule has 2 atom stereocenters. The van der Waals surface area contributed by atoms with Crippen LogP contribution in [0.1, 0.15) is 12.0 Å². The minimum Gasteiger partial charge on any atom is -0.474 e. The van der Waals surface area contributed by atoms with E-state index >= 15 is 4.39 Å². The molecule has 0 unspecified atom stereocenters. The number of benzene rings is 1. The average Bonchev–Trinajstić information content (AvgIpc) is 2.83. The zero-order valence-corrected chi connectivity index (χ0v) is 18.5. The van der Waals surface area contributed by atoms with E-state index in [1.165, 1.54) is 6.20 Å². The van der Waals surface area contributed by atoms with Crippen molar-refractivity contribution in [3.05, 3.63) is 35.9 Å². The summed E-state index contributed by atoms with van der Waals surface area (Å²) in [6.45, 7) is 3.32. The maximum Gasteiger partial charge on any atom is 0.320 e. The first-order chi connectivity index (χ1) is 16.4. The summed E-state index contributed by atoms with van der Waals surface area (Å²) < 4.78 is 39.8. The molecule has 0 radical (unpaired) electrons. The molecule has 4 heterocycles. The first-order valence-electron chi connectivity index (χ1n) is 11.0. The van der Waals surface area contributed by atoms with Crippen molar-refractivity contribution in [3.63, 3.8) is 0 Å². The first-order valence-corrected chi connectivity index (χ1v) is 11.0. The van der Waals surface area contributed by atoms with Crippen molar-refractivity contribution >= 4 is 34.0 Å². The molecule has 2 aliphatic rings. The Kier molecular flexibility index (Phi) is 5.78. The van der Waals surface area contributed by atoms with E-state index in [2.05, 4.69) is 25.9 Å². The van der Waals surface area contributed by atoms with E-state index in [0.717, 1.165) is 11.3 Å². The number of nitrogens with two attached hydrogens (primary N) is 1. The van der Waals surface area contributed by atoms with Gasteiger partial charge in [0.05, 0.1) is 18.3 Å². The second-order valence-electron chi connectivity index (χ2n) is 8.28. The van der Waals surface area contributed by atoms with Crippen LogP contribution in [0.5, 0.6) is 5.88 Å². The van der Waals surface area contributed by atoms with Crippen LogP contribution < -0.4 is 26.4 Å². The number of hydrogen-bond acceptors (Lipinski definition) is 7. The lowest BCUT2D eigenvalue weighted by molar-refractivity contribution is 0.0173. The van der Waals surface area contributed by atoms with Gasteiger partial charge < -0.3 is 25.8 Å². The minimum atomic E-state index is -1.28. The maximum absolute atomic E-state index is 15.3. The number of anilines is 3. The van der Waals surface area contributed by atoms with Crippen LogP contribution in [0.2, 0.25) is 0 Å². The molecule has 1 aromatic carbocycles. The number of pyridine rings is 2. The number of carbonyl (C=O) groups is 1. The van der Waals surface area contributed by atoms with E-state index in [4.69, 9.17) is 15.2 Å². The van der Waals surface area contributed by atoms with Crippen molar-refractivity contribution in [3.8, 4) is 17.0 Å². The zero-order chi connectivity index (χ0) is 23.8. The van der Waals surface area contributed by atoms with E-state index in [1.807, 2.05) is 6.92 Å². The van der Waals surface area contributed by atoms with Gasteiger partial charge >= 0.3 is 6.03 Å². The lowest BCUT2D eigenvalue weighted by atomic mass is 9.97. The van der Waals surface area contributed by atoms with Crippen LogP contribution in [0.3, 0.4) is 0 Å². The molecule has 9 nitrogen and oxygen atoms in total. The number of halogens is 2. The fraction of sp³-hybridized carbons (Fsp3) is 0.348. The van der Waals surface area contributed by atoms with Gasteiger partial charge in [0, 0.05) is 42.1 Å². The summed E-state index contributed by atoms with van der Waals surface area (Å²) in [6.07, 6.45) is 2.06. The summed E-state index contributed by atoms with van der Waals surface area (Å²) >= 11 is 0. The summed E-state index contributed by atoms with van der Waals surface area (Å²) in [5, 5.41) is 9.43. The number of carbonyl (C=O) groups excluding carboxylic acids is 1. The van der Waals surface area contributed by atoms with Gasteiger partial charge in [-0.3, -0.25) is 5.32 Å². The van der Waals surface area contributed by atoms with Crippen LogP contribution in [0, 0.1) is 12.7 Å². The molecule has 11 heteroatoms. The van der Waals surface area contributed by atoms with E-state index in [1.54, 1.807) is 18.3 Å². The Labute approximate surface area is 194 Å². The number of nitrogens with one attached hydrogen (secondary N) is 3. The van der Waals surface area contributed by atoms with Crippen LogP contribution in [0.15, 0.2) is 24.5 Å². The number of aromatic nitrogens is 2. The molecule has 178 valence electrons. The van der Waals surface area contributed by atoms with Crippen LogP contribution in [0.25, 0.3) is 21.9 Å². The molecule has 2 amide bonds. The normalized spacial score (nSPS) is 19.6. The van der Waals surface area contributed by atoms with Crippen LogP contribution >= 0.6 is 0 Å². The molecular weight excluding hydrogens is 446 g/mol. The van der Waals surface area contributed by atoms with Gasteiger partial charge in [-0.1, -0.05) is 0 Å². The number of fused-ring (bicyclic) bond motifs is 2. The number of ether oxygens (including phenoxy) is 2. The maximum atomic E-state index is 15.3. The van der Waals surface area contributed by atoms with Crippen molar-refractivity contribution in [2.45, 2.75) is 25.6 Å². The molecule has 34 heavy (non-hydrogen) atoms. The summed E-state index contributed by atoms with van der Waals surface area (Å²) in [6, 6.07) is 2.01. The van der Waals surface area contributed by atoms with Gasteiger partial charge in [-0.25, -0.2) is 23.5 Å². The number of hydrogen-bond donors (Lipinski definition) is 4. The lowest BCUT2D eigenvalue weighted by Crippen LogP contribution is -2.48. The molecular formula is C23H24F2N6O3. The zero-order valence-electron chi connectivity index (χ0n) is 18.5. The van der Waals surface area contributed by atoms with E-state index < -0.39 is 24.1 Å². The summed E-state index contributed by atoms with van der Waals surface area (Å²) in [4.78, 5) is 20.9. The van der Waals surface area contributed by atoms with E-state index in [9.17, 15) is 9.18 Å². The Balaban J connectivity index is 1.46. The quantitative estimate of drug-likeness (QED) is 0.433. The van der Waals surface area contributed by atoms with Gasteiger partial charge in [0.25, 0.3) is 0 Å². The van der Waals surface area contributed by atoms with Crippen LogP contribution in [-0.2, 0) is 4.74 Å². The lowest BCUT2D eigenvalue weighted by Gasteiger charge is -2.26. The topological polar surface area (TPSA) is 123 Å². The highest BCUT2D eigenvalue weighted by atomic mass is 19.1. The number of nitrogen functional groups attached to an aromatic ring is 1. The molecule has 2 aliphatic heterocycles. The summed E-state index contributed by atoms with van der Waals surface area (Å²) in [5.41, 5.74) is 8.39. The van der Waals surface area contributed by atoms with Crippen molar-refractivity contribution in [2.24, 2.45) is 0 Å². The Morgan fingerprint density at radius 3 is 2.91 bits per heavy atom. The molecule has 0 aliphatic carbocycles. The molecule has 5 N–H and O–H groups in total. The second-order valence-corrected chi connectivity index (χ2v) is 8.28. The first kappa shape index (κ1) is 22.1. The molecule has 2 aromatic heterocycles. The standard InChI is InChI=1S/C23H24F2N6O3/c1-11-14(8-29-22-21(11)27-3-5-34-22)13-6-12-7-18(28-9-15(12)20(26)19(13)25)31-23(32)30-17-2-4-33-10-16(17)24/h6-9,16-17,27H,2-5,10,26H2,1H3,(H2,28,30,31,32)/t16-,17-/m1/s1. The molecule has 3 aromatic rings. The SMILES string of the molecule is Cc1c(-c2cc3cc(NC(=O)N[C@@H]4CCOC[C@H]4F)ncc3c(N)c2F)cnc2c1NCCO2. The number of nitrogens with zero attached hydrogens (tertiary/aromatic N) is 2. The Morgan fingerprint density at radius 2 is 2.09 bits per heavy atom. The van der Waals surface area contributed by atoms with Gasteiger partial charge in [0.1, 0.15) is 24.3 Å². The fourth-order valence-corrected chi connectivity index (χ4v) is 4.24. The highest BCUT2D eigenvalue weighted by Gasteiger charge is 2.27.